The van der Waals surface area contributed by atoms with Crippen LogP contribution in [0.15, 0.2) is 70.8 Å². The van der Waals surface area contributed by atoms with Crippen LogP contribution in [0, 0.1) is 0 Å². The van der Waals surface area contributed by atoms with Crippen LogP contribution in [0.25, 0.3) is 0 Å². The molecule has 9 heteroatoms. The third kappa shape index (κ3) is 3.99. The van der Waals surface area contributed by atoms with Gasteiger partial charge in [0.15, 0.2) is 9.84 Å². The van der Waals surface area contributed by atoms with Crippen molar-refractivity contribution >= 4 is 21.8 Å². The smallest absolute Gasteiger partial charge is 0.338 e. The normalized spacial score (nSPS) is 16.9. The zero-order valence-electron chi connectivity index (χ0n) is 14.9. The molecule has 0 fully saturated rings. The van der Waals surface area contributed by atoms with Gasteiger partial charge in [0.1, 0.15) is 5.75 Å². The van der Waals surface area contributed by atoms with Gasteiger partial charge in [0.25, 0.3) is 0 Å². The second kappa shape index (κ2) is 7.73. The lowest BCUT2D eigenvalue weighted by molar-refractivity contribution is -0.136. The maximum atomic E-state index is 12.8. The Kier molecular flexibility index (Phi) is 5.36. The zero-order chi connectivity index (χ0) is 20.3. The molecule has 3 rings (SSSR count). The van der Waals surface area contributed by atoms with Crippen LogP contribution in [0.3, 0.4) is 0 Å². The molecular weight excluding hydrogens is 384 g/mol. The van der Waals surface area contributed by atoms with Crippen molar-refractivity contribution < 1.29 is 27.9 Å². The van der Waals surface area contributed by atoms with Crippen molar-refractivity contribution in [3.8, 4) is 5.75 Å². The monoisotopic (exact) mass is 402 g/mol. The number of methoxy groups -OCH3 is 1. The first-order valence-electron chi connectivity index (χ1n) is 8.27. The van der Waals surface area contributed by atoms with Gasteiger partial charge >= 0.3 is 12.0 Å². The number of rotatable bonds is 5. The Morgan fingerprint density at radius 2 is 1.75 bits per heavy atom. The predicted molar refractivity (Wildman–Crippen MR) is 100 cm³/mol. The number of sulfone groups is 1. The first-order valence-corrected chi connectivity index (χ1v) is 9.92. The maximum Gasteiger partial charge on any atom is 0.338 e. The minimum absolute atomic E-state index is 0.0134. The Hall–Kier alpha value is -3.33. The van der Waals surface area contributed by atoms with Crippen LogP contribution < -0.4 is 10.6 Å². The van der Waals surface area contributed by atoms with Gasteiger partial charge in [0.05, 0.1) is 29.4 Å². The molecule has 0 saturated heterocycles. The number of ether oxygens (including phenoxy) is 1. The summed E-state index contributed by atoms with van der Waals surface area (Å²) >= 11 is 0. The molecule has 0 bridgehead atoms. The van der Waals surface area contributed by atoms with Gasteiger partial charge in [-0.05, 0) is 29.8 Å². The van der Waals surface area contributed by atoms with Gasteiger partial charge in [0.2, 0.25) is 0 Å². The number of phenols is 1. The molecular formula is C19H18N2O6S. The summed E-state index contributed by atoms with van der Waals surface area (Å²) in [6.45, 7) is 0. The van der Waals surface area contributed by atoms with Crippen LogP contribution in [0.2, 0.25) is 0 Å². The van der Waals surface area contributed by atoms with E-state index in [2.05, 4.69) is 10.6 Å². The van der Waals surface area contributed by atoms with Crippen molar-refractivity contribution in [2.24, 2.45) is 0 Å². The van der Waals surface area contributed by atoms with E-state index in [1.165, 1.54) is 43.5 Å². The molecule has 2 amide bonds. The van der Waals surface area contributed by atoms with Gasteiger partial charge < -0.3 is 20.5 Å². The third-order valence-electron chi connectivity index (χ3n) is 4.22. The van der Waals surface area contributed by atoms with E-state index in [-0.39, 0.29) is 21.9 Å². The van der Waals surface area contributed by atoms with E-state index in [1.54, 1.807) is 18.2 Å². The number of aromatic hydroxyl groups is 1. The van der Waals surface area contributed by atoms with E-state index >= 15 is 0 Å². The lowest BCUT2D eigenvalue weighted by Gasteiger charge is -2.29. The van der Waals surface area contributed by atoms with E-state index in [1.807, 2.05) is 0 Å². The number of esters is 1. The van der Waals surface area contributed by atoms with Crippen LogP contribution in [0.1, 0.15) is 11.6 Å². The topological polar surface area (TPSA) is 122 Å². The molecule has 0 saturated carbocycles. The van der Waals surface area contributed by atoms with Gasteiger partial charge in [-0.2, -0.15) is 0 Å². The number of benzene rings is 2. The minimum atomic E-state index is -3.82. The summed E-state index contributed by atoms with van der Waals surface area (Å²) in [5, 5.41) is 14.5. The van der Waals surface area contributed by atoms with E-state index in [0.29, 0.717) is 5.56 Å². The second-order valence-corrected chi connectivity index (χ2v) is 8.07. The molecule has 1 atom stereocenters. The summed E-state index contributed by atoms with van der Waals surface area (Å²) < 4.78 is 30.3. The molecule has 146 valence electrons. The Morgan fingerprint density at radius 1 is 1.11 bits per heavy atom. The Balaban J connectivity index is 2.09. The summed E-state index contributed by atoms with van der Waals surface area (Å²) in [6.07, 6.45) is 0. The van der Waals surface area contributed by atoms with Gasteiger partial charge in [-0.15, -0.1) is 0 Å². The fourth-order valence-electron chi connectivity index (χ4n) is 2.90. The molecule has 8 nitrogen and oxygen atoms in total. The summed E-state index contributed by atoms with van der Waals surface area (Å²) in [7, 11) is -2.65. The quantitative estimate of drug-likeness (QED) is 0.654. The molecule has 1 aliphatic heterocycles. The van der Waals surface area contributed by atoms with Gasteiger partial charge in [-0.25, -0.2) is 18.0 Å². The highest BCUT2D eigenvalue weighted by Crippen LogP contribution is 2.30. The third-order valence-corrected chi connectivity index (χ3v) is 5.88. The number of phenolic OH excluding ortho intramolecular Hbond substituents is 1. The molecule has 1 unspecified atom stereocenters. The van der Waals surface area contributed by atoms with E-state index in [9.17, 15) is 23.1 Å². The first-order chi connectivity index (χ1) is 13.3. The van der Waals surface area contributed by atoms with Crippen molar-refractivity contribution in [3.63, 3.8) is 0 Å². The van der Waals surface area contributed by atoms with Gasteiger partial charge in [-0.1, -0.05) is 30.3 Å². The highest BCUT2D eigenvalue weighted by atomic mass is 32.2. The molecule has 0 radical (unpaired) electrons. The van der Waals surface area contributed by atoms with E-state index in [0.717, 1.165) is 0 Å². The Bertz CT molecular complexity index is 1030. The van der Waals surface area contributed by atoms with Crippen LogP contribution in [0.4, 0.5) is 4.79 Å². The highest BCUT2D eigenvalue weighted by Gasteiger charge is 2.35. The number of carbonyl (C=O) groups excluding carboxylic acids is 2. The molecule has 2 aromatic rings. The molecule has 3 N–H and O–H groups in total. The predicted octanol–water partition coefficient (Wildman–Crippen LogP) is 1.65. The molecule has 1 heterocycles. The lowest BCUT2D eigenvalue weighted by Crippen LogP contribution is -2.47. The molecule has 28 heavy (non-hydrogen) atoms. The molecule has 0 spiro atoms. The van der Waals surface area contributed by atoms with Crippen molar-refractivity contribution in [2.75, 3.05) is 12.9 Å². The summed E-state index contributed by atoms with van der Waals surface area (Å²) in [5.41, 5.74) is 0.410. The highest BCUT2D eigenvalue weighted by molar-refractivity contribution is 7.91. The SMILES string of the molecule is COC(=O)C1=C(CS(=O)(=O)c2ccccc2)NC(=O)NC1c1ccc(O)cc1. The van der Waals surface area contributed by atoms with E-state index < -0.39 is 33.6 Å². The number of hydrogen-bond acceptors (Lipinski definition) is 6. The Morgan fingerprint density at radius 3 is 2.36 bits per heavy atom. The summed E-state index contributed by atoms with van der Waals surface area (Å²) in [5.74, 6) is -1.34. The number of amides is 2. The fourth-order valence-corrected chi connectivity index (χ4v) is 4.25. The molecule has 1 aliphatic rings. The van der Waals surface area contributed by atoms with Crippen LogP contribution >= 0.6 is 0 Å². The summed E-state index contributed by atoms with van der Waals surface area (Å²) in [4.78, 5) is 24.7. The number of nitrogens with one attached hydrogen (secondary N) is 2. The standard InChI is InChI=1S/C19H18N2O6S/c1-27-18(23)16-15(11-28(25,26)14-5-3-2-4-6-14)20-19(24)21-17(16)12-7-9-13(22)10-8-12/h2-10,17,22H,11H2,1H3,(H2,20,21,24). The van der Waals surface area contributed by atoms with Crippen LogP contribution in [0.5, 0.6) is 5.75 Å². The zero-order valence-corrected chi connectivity index (χ0v) is 15.7. The van der Waals surface area contributed by atoms with Crippen molar-refractivity contribution in [1.82, 2.24) is 10.6 Å². The van der Waals surface area contributed by atoms with Crippen molar-refractivity contribution in [2.45, 2.75) is 10.9 Å². The second-order valence-electron chi connectivity index (χ2n) is 6.08. The average Bonchev–Trinajstić information content (AvgIpc) is 2.68. The number of carbonyl (C=O) groups is 2. The fraction of sp³-hybridized carbons (Fsp3) is 0.158. The van der Waals surface area contributed by atoms with Crippen molar-refractivity contribution in [3.05, 3.63) is 71.4 Å². The lowest BCUT2D eigenvalue weighted by atomic mass is 9.95. The number of hydrogen-bond donors (Lipinski definition) is 3. The van der Waals surface area contributed by atoms with Gasteiger partial charge in [-0.3, -0.25) is 0 Å². The van der Waals surface area contributed by atoms with Crippen LogP contribution in [-0.4, -0.2) is 38.4 Å². The minimum Gasteiger partial charge on any atom is -0.508 e. The summed E-state index contributed by atoms with van der Waals surface area (Å²) in [6, 6.07) is 12.0. The molecule has 0 aromatic heterocycles. The van der Waals surface area contributed by atoms with Crippen LogP contribution in [-0.2, 0) is 19.4 Å². The van der Waals surface area contributed by atoms with Gasteiger partial charge in [0, 0.05) is 5.70 Å². The molecule has 0 aliphatic carbocycles. The maximum absolute atomic E-state index is 12.8. The number of urea groups is 1. The molecule has 2 aromatic carbocycles. The Labute approximate surface area is 161 Å². The largest absolute Gasteiger partial charge is 0.508 e. The first kappa shape index (κ1) is 19.4. The average molecular weight is 402 g/mol. The van der Waals surface area contributed by atoms with E-state index in [4.69, 9.17) is 4.74 Å². The van der Waals surface area contributed by atoms with Crippen molar-refractivity contribution in [1.29, 1.82) is 0 Å².